The molecule has 0 aliphatic carbocycles. The number of halogens is 2. The van der Waals surface area contributed by atoms with E-state index in [1.54, 1.807) is 12.3 Å². The van der Waals surface area contributed by atoms with E-state index in [-0.39, 0.29) is 24.8 Å². The van der Waals surface area contributed by atoms with Crippen LogP contribution in [0.4, 0.5) is 0 Å². The first-order valence-corrected chi connectivity index (χ1v) is 6.44. The quantitative estimate of drug-likeness (QED) is 0.683. The third-order valence-electron chi connectivity index (χ3n) is 2.82. The predicted molar refractivity (Wildman–Crippen MR) is 90.3 cm³/mol. The van der Waals surface area contributed by atoms with Crippen molar-refractivity contribution in [3.8, 4) is 5.75 Å². The standard InChI is InChI=1S/C15H19N3O.2ClH/c19-15-7-2-1-5-13(15)11-16-9-10-17-12-14-6-3-4-8-18-14;;/h1-8,16-17,19H,9-12H2;2*1H. The first kappa shape index (κ1) is 19.7. The summed E-state index contributed by atoms with van der Waals surface area (Å²) >= 11 is 0. The Bertz CT molecular complexity index is 497. The first-order valence-electron chi connectivity index (χ1n) is 6.44. The number of nitrogens with one attached hydrogen (secondary N) is 2. The van der Waals surface area contributed by atoms with Crippen LogP contribution in [0, 0.1) is 0 Å². The van der Waals surface area contributed by atoms with Gasteiger partial charge in [0.1, 0.15) is 5.75 Å². The summed E-state index contributed by atoms with van der Waals surface area (Å²) in [5.41, 5.74) is 1.97. The maximum Gasteiger partial charge on any atom is 0.120 e. The lowest BCUT2D eigenvalue weighted by Crippen LogP contribution is -2.27. The molecule has 2 rings (SSSR count). The Morgan fingerprint density at radius 3 is 2.19 bits per heavy atom. The predicted octanol–water partition coefficient (Wildman–Crippen LogP) is 2.51. The second-order valence-corrected chi connectivity index (χ2v) is 4.30. The third-order valence-corrected chi connectivity index (χ3v) is 2.82. The van der Waals surface area contributed by atoms with Crippen molar-refractivity contribution in [2.24, 2.45) is 0 Å². The lowest BCUT2D eigenvalue weighted by Gasteiger charge is -2.07. The van der Waals surface area contributed by atoms with Crippen LogP contribution in [-0.2, 0) is 13.1 Å². The summed E-state index contributed by atoms with van der Waals surface area (Å²) in [6, 6.07) is 13.3. The molecular formula is C15H21Cl2N3O. The van der Waals surface area contributed by atoms with Gasteiger partial charge in [-0.2, -0.15) is 0 Å². The van der Waals surface area contributed by atoms with Crippen molar-refractivity contribution in [1.82, 2.24) is 15.6 Å². The minimum Gasteiger partial charge on any atom is -0.508 e. The molecule has 1 heterocycles. The molecule has 0 aliphatic heterocycles. The minimum absolute atomic E-state index is 0. The summed E-state index contributed by atoms with van der Waals surface area (Å²) < 4.78 is 0. The van der Waals surface area contributed by atoms with Crippen molar-refractivity contribution in [3.63, 3.8) is 0 Å². The van der Waals surface area contributed by atoms with Crippen molar-refractivity contribution in [1.29, 1.82) is 0 Å². The van der Waals surface area contributed by atoms with Gasteiger partial charge in [-0.1, -0.05) is 24.3 Å². The van der Waals surface area contributed by atoms with E-state index in [0.717, 1.165) is 30.9 Å². The SMILES string of the molecule is Cl.Cl.Oc1ccccc1CNCCNCc1ccccn1. The molecule has 0 bridgehead atoms. The Morgan fingerprint density at radius 2 is 1.52 bits per heavy atom. The highest BCUT2D eigenvalue weighted by molar-refractivity contribution is 5.85. The maximum absolute atomic E-state index is 9.60. The molecule has 21 heavy (non-hydrogen) atoms. The summed E-state index contributed by atoms with van der Waals surface area (Å²) in [6.07, 6.45) is 1.80. The number of nitrogens with zero attached hydrogens (tertiary/aromatic N) is 1. The number of aromatic hydroxyl groups is 1. The fourth-order valence-electron chi connectivity index (χ4n) is 1.78. The van der Waals surface area contributed by atoms with Gasteiger partial charge in [0.25, 0.3) is 0 Å². The van der Waals surface area contributed by atoms with E-state index in [1.165, 1.54) is 0 Å². The second kappa shape index (κ2) is 11.3. The Labute approximate surface area is 137 Å². The molecule has 0 amide bonds. The molecule has 2 aromatic rings. The molecule has 0 saturated carbocycles. The molecule has 0 aliphatic rings. The van der Waals surface area contributed by atoms with Crippen molar-refractivity contribution in [2.75, 3.05) is 13.1 Å². The zero-order valence-corrected chi connectivity index (χ0v) is 13.3. The van der Waals surface area contributed by atoms with Gasteiger partial charge >= 0.3 is 0 Å². The molecular weight excluding hydrogens is 309 g/mol. The average molecular weight is 330 g/mol. The van der Waals surface area contributed by atoms with Crippen LogP contribution < -0.4 is 10.6 Å². The number of pyridine rings is 1. The Balaban J connectivity index is 0.00000200. The number of phenolic OH excluding ortho intramolecular Hbond substituents is 1. The highest BCUT2D eigenvalue weighted by atomic mass is 35.5. The molecule has 116 valence electrons. The van der Waals surface area contributed by atoms with Gasteiger partial charge in [-0.05, 0) is 18.2 Å². The number of rotatable bonds is 7. The van der Waals surface area contributed by atoms with Crippen LogP contribution in [0.5, 0.6) is 5.75 Å². The molecule has 4 nitrogen and oxygen atoms in total. The fourth-order valence-corrected chi connectivity index (χ4v) is 1.78. The number of hydrogen-bond acceptors (Lipinski definition) is 4. The molecule has 0 unspecified atom stereocenters. The van der Waals surface area contributed by atoms with Crippen molar-refractivity contribution < 1.29 is 5.11 Å². The molecule has 0 saturated heterocycles. The van der Waals surface area contributed by atoms with Crippen LogP contribution in [0.3, 0.4) is 0 Å². The number of benzene rings is 1. The van der Waals surface area contributed by atoms with Gasteiger partial charge in [0.2, 0.25) is 0 Å². The van der Waals surface area contributed by atoms with E-state index in [0.29, 0.717) is 12.3 Å². The third kappa shape index (κ3) is 7.29. The van der Waals surface area contributed by atoms with E-state index < -0.39 is 0 Å². The highest BCUT2D eigenvalue weighted by Crippen LogP contribution is 2.14. The summed E-state index contributed by atoms with van der Waals surface area (Å²) in [4.78, 5) is 4.24. The normalized spacial score (nSPS) is 9.52. The summed E-state index contributed by atoms with van der Waals surface area (Å²) in [7, 11) is 0. The molecule has 1 aromatic heterocycles. The van der Waals surface area contributed by atoms with E-state index in [2.05, 4.69) is 15.6 Å². The van der Waals surface area contributed by atoms with Gasteiger partial charge in [-0.15, -0.1) is 24.8 Å². The Hall–Kier alpha value is -1.33. The minimum atomic E-state index is 0. The monoisotopic (exact) mass is 329 g/mol. The van der Waals surface area contributed by atoms with Gasteiger partial charge in [0, 0.05) is 37.9 Å². The van der Waals surface area contributed by atoms with Crippen LogP contribution in [-0.4, -0.2) is 23.2 Å². The smallest absolute Gasteiger partial charge is 0.120 e. The highest BCUT2D eigenvalue weighted by Gasteiger charge is 1.98. The summed E-state index contributed by atoms with van der Waals surface area (Å²) in [5.74, 6) is 0.344. The fraction of sp³-hybridized carbons (Fsp3) is 0.267. The van der Waals surface area contributed by atoms with E-state index in [9.17, 15) is 5.11 Å². The van der Waals surface area contributed by atoms with Crippen molar-refractivity contribution in [3.05, 3.63) is 59.9 Å². The van der Waals surface area contributed by atoms with Crippen LogP contribution in [0.25, 0.3) is 0 Å². The van der Waals surface area contributed by atoms with E-state index in [1.807, 2.05) is 36.4 Å². The number of hydrogen-bond donors (Lipinski definition) is 3. The molecule has 0 spiro atoms. The lowest BCUT2D eigenvalue weighted by atomic mass is 10.2. The average Bonchev–Trinajstić information content (AvgIpc) is 2.45. The van der Waals surface area contributed by atoms with Gasteiger partial charge in [0.05, 0.1) is 5.69 Å². The van der Waals surface area contributed by atoms with Crippen LogP contribution in [0.1, 0.15) is 11.3 Å². The van der Waals surface area contributed by atoms with Gasteiger partial charge in [-0.3, -0.25) is 4.98 Å². The van der Waals surface area contributed by atoms with E-state index in [4.69, 9.17) is 0 Å². The maximum atomic E-state index is 9.60. The topological polar surface area (TPSA) is 57.2 Å². The van der Waals surface area contributed by atoms with Gasteiger partial charge in [0.15, 0.2) is 0 Å². The number of aromatic nitrogens is 1. The van der Waals surface area contributed by atoms with Crippen LogP contribution in [0.15, 0.2) is 48.7 Å². The molecule has 0 atom stereocenters. The zero-order chi connectivity index (χ0) is 13.3. The number of phenols is 1. The van der Waals surface area contributed by atoms with Crippen molar-refractivity contribution in [2.45, 2.75) is 13.1 Å². The van der Waals surface area contributed by atoms with E-state index >= 15 is 0 Å². The zero-order valence-electron chi connectivity index (χ0n) is 11.7. The second-order valence-electron chi connectivity index (χ2n) is 4.30. The van der Waals surface area contributed by atoms with Gasteiger partial charge in [-0.25, -0.2) is 0 Å². The summed E-state index contributed by atoms with van der Waals surface area (Å²) in [6.45, 7) is 3.17. The lowest BCUT2D eigenvalue weighted by molar-refractivity contribution is 0.464. The Morgan fingerprint density at radius 1 is 0.857 bits per heavy atom. The molecule has 1 aromatic carbocycles. The molecule has 6 heteroatoms. The summed E-state index contributed by atoms with van der Waals surface area (Å²) in [5, 5.41) is 16.2. The van der Waals surface area contributed by atoms with Crippen LogP contribution >= 0.6 is 24.8 Å². The van der Waals surface area contributed by atoms with Gasteiger partial charge < -0.3 is 15.7 Å². The Kier molecular flexibility index (Phi) is 10.6. The molecule has 3 N–H and O–H groups in total. The molecule has 0 radical (unpaired) electrons. The molecule has 0 fully saturated rings. The number of para-hydroxylation sites is 1. The van der Waals surface area contributed by atoms with Crippen molar-refractivity contribution >= 4 is 24.8 Å². The van der Waals surface area contributed by atoms with Crippen LogP contribution in [0.2, 0.25) is 0 Å². The largest absolute Gasteiger partial charge is 0.508 e. The first-order chi connectivity index (χ1) is 9.36.